The smallest absolute Gasteiger partial charge is 0.381 e. The van der Waals surface area contributed by atoms with Gasteiger partial charge in [0.1, 0.15) is 0 Å². The number of rotatable bonds is 6. The number of alkyl halides is 3. The number of hydrogen-bond donors (Lipinski definition) is 1. The van der Waals surface area contributed by atoms with Crippen LogP contribution in [-0.2, 0) is 0 Å². The third-order valence-corrected chi connectivity index (χ3v) is 2.95. The zero-order valence-electron chi connectivity index (χ0n) is 11.3. The Bertz CT molecular complexity index is 214. The molecule has 0 amide bonds. The van der Waals surface area contributed by atoms with Gasteiger partial charge in [-0.3, -0.25) is 0 Å². The second kappa shape index (κ2) is 6.07. The van der Waals surface area contributed by atoms with Crippen molar-refractivity contribution in [1.29, 1.82) is 0 Å². The molecule has 0 bridgehead atoms. The van der Waals surface area contributed by atoms with Crippen LogP contribution < -0.4 is 0 Å². The van der Waals surface area contributed by atoms with Crippen LogP contribution in [0, 0.1) is 5.41 Å². The lowest BCUT2D eigenvalue weighted by Crippen LogP contribution is -2.41. The van der Waals surface area contributed by atoms with Gasteiger partial charge >= 0.3 is 6.18 Å². The zero-order valence-corrected chi connectivity index (χ0v) is 11.3. The quantitative estimate of drug-likeness (QED) is 0.682. The third-order valence-electron chi connectivity index (χ3n) is 2.95. The van der Waals surface area contributed by atoms with Crippen molar-refractivity contribution in [2.24, 2.45) is 5.41 Å². The molecule has 0 aromatic carbocycles. The van der Waals surface area contributed by atoms with Crippen LogP contribution in [0.5, 0.6) is 0 Å². The minimum absolute atomic E-state index is 0.202. The first-order chi connectivity index (χ1) is 7.46. The van der Waals surface area contributed by atoms with E-state index in [4.69, 9.17) is 0 Å². The molecule has 1 nitrogen and oxygen atoms in total. The van der Waals surface area contributed by atoms with Crippen molar-refractivity contribution < 1.29 is 18.3 Å². The van der Waals surface area contributed by atoms with Gasteiger partial charge in [-0.2, -0.15) is 13.2 Å². The van der Waals surface area contributed by atoms with Crippen molar-refractivity contribution in [3.8, 4) is 0 Å². The summed E-state index contributed by atoms with van der Waals surface area (Å²) < 4.78 is 36.9. The van der Waals surface area contributed by atoms with Gasteiger partial charge in [0.2, 0.25) is 0 Å². The van der Waals surface area contributed by atoms with Gasteiger partial charge in [0.15, 0.2) is 5.60 Å². The molecule has 1 N–H and O–H groups in total. The minimum atomic E-state index is -4.52. The molecular weight excluding hydrogens is 229 g/mol. The normalized spacial score (nSPS) is 16.9. The van der Waals surface area contributed by atoms with Crippen LogP contribution in [0.4, 0.5) is 13.2 Å². The van der Waals surface area contributed by atoms with E-state index in [9.17, 15) is 18.3 Å². The maximum atomic E-state index is 12.3. The van der Waals surface area contributed by atoms with Gasteiger partial charge in [0.05, 0.1) is 0 Å². The molecule has 0 aliphatic rings. The minimum Gasteiger partial charge on any atom is -0.381 e. The van der Waals surface area contributed by atoms with Crippen molar-refractivity contribution in [2.45, 2.75) is 78.0 Å². The van der Waals surface area contributed by atoms with Crippen LogP contribution in [0.1, 0.15) is 66.2 Å². The summed E-state index contributed by atoms with van der Waals surface area (Å²) >= 11 is 0. The standard InChI is InChI=1S/C13H25F3O/c1-11(2,3)9-7-5-6-8-10-12(4,17)13(14,15)16/h17H,5-10H2,1-4H3/t12-/m1/s1. The molecule has 0 saturated carbocycles. The van der Waals surface area contributed by atoms with Crippen molar-refractivity contribution in [2.75, 3.05) is 0 Å². The Hall–Kier alpha value is -0.250. The van der Waals surface area contributed by atoms with Gasteiger partial charge in [-0.1, -0.05) is 46.5 Å². The predicted octanol–water partition coefficient (Wildman–Crippen LogP) is 4.69. The van der Waals surface area contributed by atoms with E-state index >= 15 is 0 Å². The molecular formula is C13H25F3O. The number of hydrogen-bond acceptors (Lipinski definition) is 1. The van der Waals surface area contributed by atoms with Crippen molar-refractivity contribution >= 4 is 0 Å². The van der Waals surface area contributed by atoms with E-state index in [2.05, 4.69) is 20.8 Å². The van der Waals surface area contributed by atoms with Crippen LogP contribution in [0.3, 0.4) is 0 Å². The summed E-state index contributed by atoms with van der Waals surface area (Å²) in [6.07, 6.45) is -0.477. The van der Waals surface area contributed by atoms with E-state index in [-0.39, 0.29) is 11.8 Å². The van der Waals surface area contributed by atoms with Crippen LogP contribution in [0.2, 0.25) is 0 Å². The van der Waals surface area contributed by atoms with Crippen molar-refractivity contribution in [3.63, 3.8) is 0 Å². The fourth-order valence-corrected chi connectivity index (χ4v) is 1.62. The van der Waals surface area contributed by atoms with Crippen LogP contribution in [0.25, 0.3) is 0 Å². The van der Waals surface area contributed by atoms with E-state index in [1.165, 1.54) is 0 Å². The average molecular weight is 254 g/mol. The SMILES string of the molecule is CC(C)(C)CCCCCC[C@@](C)(O)C(F)(F)F. The van der Waals surface area contributed by atoms with Gasteiger partial charge < -0.3 is 5.11 Å². The first kappa shape index (κ1) is 16.8. The highest BCUT2D eigenvalue weighted by molar-refractivity contribution is 4.80. The number of aliphatic hydroxyl groups is 1. The summed E-state index contributed by atoms with van der Waals surface area (Å²) in [6.45, 7) is 7.31. The van der Waals surface area contributed by atoms with Crippen LogP contribution >= 0.6 is 0 Å². The second-order valence-electron chi connectivity index (χ2n) is 6.25. The molecule has 0 aliphatic heterocycles. The van der Waals surface area contributed by atoms with Crippen molar-refractivity contribution in [3.05, 3.63) is 0 Å². The lowest BCUT2D eigenvalue weighted by atomic mass is 9.89. The Labute approximate surface area is 102 Å². The molecule has 0 rings (SSSR count). The molecule has 1 atom stereocenters. The highest BCUT2D eigenvalue weighted by atomic mass is 19.4. The largest absolute Gasteiger partial charge is 0.416 e. The maximum absolute atomic E-state index is 12.3. The highest BCUT2D eigenvalue weighted by Crippen LogP contribution is 2.34. The Kier molecular flexibility index (Phi) is 5.99. The van der Waals surface area contributed by atoms with Gasteiger partial charge in [-0.05, 0) is 25.2 Å². The molecule has 0 aromatic rings. The Morgan fingerprint density at radius 2 is 1.18 bits per heavy atom. The van der Waals surface area contributed by atoms with E-state index in [1.807, 2.05) is 0 Å². The Morgan fingerprint density at radius 1 is 0.765 bits per heavy atom. The van der Waals surface area contributed by atoms with Crippen LogP contribution in [0.15, 0.2) is 0 Å². The maximum Gasteiger partial charge on any atom is 0.416 e. The van der Waals surface area contributed by atoms with Crippen molar-refractivity contribution in [1.82, 2.24) is 0 Å². The molecule has 17 heavy (non-hydrogen) atoms. The fraction of sp³-hybridized carbons (Fsp3) is 1.00. The summed E-state index contributed by atoms with van der Waals surface area (Å²) in [5, 5.41) is 9.21. The summed E-state index contributed by atoms with van der Waals surface area (Å²) in [7, 11) is 0. The zero-order chi connectivity index (χ0) is 13.7. The Balaban J connectivity index is 3.66. The monoisotopic (exact) mass is 254 g/mol. The van der Waals surface area contributed by atoms with Gasteiger partial charge in [-0.25, -0.2) is 0 Å². The van der Waals surface area contributed by atoms with Gasteiger partial charge in [0, 0.05) is 0 Å². The van der Waals surface area contributed by atoms with Gasteiger partial charge in [-0.15, -0.1) is 0 Å². The second-order valence-corrected chi connectivity index (χ2v) is 6.25. The molecule has 4 heteroatoms. The van der Waals surface area contributed by atoms with E-state index < -0.39 is 11.8 Å². The first-order valence-corrected chi connectivity index (χ1v) is 6.25. The molecule has 0 unspecified atom stereocenters. The molecule has 0 spiro atoms. The molecule has 0 radical (unpaired) electrons. The number of halogens is 3. The topological polar surface area (TPSA) is 20.2 Å². The summed E-state index contributed by atoms with van der Waals surface area (Å²) in [4.78, 5) is 0. The lowest BCUT2D eigenvalue weighted by molar-refractivity contribution is -0.255. The lowest BCUT2D eigenvalue weighted by Gasteiger charge is -2.26. The van der Waals surface area contributed by atoms with Gasteiger partial charge in [0.25, 0.3) is 0 Å². The van der Waals surface area contributed by atoms with E-state index in [1.54, 1.807) is 0 Å². The van der Waals surface area contributed by atoms with Crippen LogP contribution in [-0.4, -0.2) is 16.9 Å². The molecule has 0 aromatic heterocycles. The third kappa shape index (κ3) is 7.63. The number of unbranched alkanes of at least 4 members (excludes halogenated alkanes) is 3. The van der Waals surface area contributed by atoms with E-state index in [0.29, 0.717) is 6.42 Å². The molecule has 0 aliphatic carbocycles. The summed E-state index contributed by atoms with van der Waals surface area (Å²) in [6, 6.07) is 0. The highest BCUT2D eigenvalue weighted by Gasteiger charge is 2.48. The molecule has 104 valence electrons. The first-order valence-electron chi connectivity index (χ1n) is 6.25. The Morgan fingerprint density at radius 3 is 1.53 bits per heavy atom. The molecule has 0 saturated heterocycles. The summed E-state index contributed by atoms with van der Waals surface area (Å²) in [5.41, 5.74) is -2.24. The predicted molar refractivity (Wildman–Crippen MR) is 63.8 cm³/mol. The molecule has 0 heterocycles. The average Bonchev–Trinajstić information content (AvgIpc) is 2.07. The molecule has 0 fully saturated rings. The fourth-order valence-electron chi connectivity index (χ4n) is 1.62. The summed E-state index contributed by atoms with van der Waals surface area (Å²) in [5.74, 6) is 0. The van der Waals surface area contributed by atoms with E-state index in [0.717, 1.165) is 32.6 Å².